The molecule has 120 valence electrons. The molecule has 1 unspecified atom stereocenters. The summed E-state index contributed by atoms with van der Waals surface area (Å²) >= 11 is 0. The lowest BCUT2D eigenvalue weighted by molar-refractivity contribution is -0.138. The number of hydrogen-bond acceptors (Lipinski definition) is 3. The Morgan fingerprint density at radius 1 is 1.33 bits per heavy atom. The van der Waals surface area contributed by atoms with Gasteiger partial charge in [0.2, 0.25) is 0 Å². The molecule has 0 aliphatic heterocycles. The van der Waals surface area contributed by atoms with Crippen molar-refractivity contribution in [2.75, 3.05) is 19.6 Å². The molecular formula is C15H27N3O3. The Labute approximate surface area is 127 Å². The number of nitrogens with zero attached hydrogens (tertiary/aromatic N) is 2. The highest BCUT2D eigenvalue weighted by molar-refractivity contribution is 5.74. The van der Waals surface area contributed by atoms with E-state index < -0.39 is 5.97 Å². The smallest absolute Gasteiger partial charge is 0.317 e. The van der Waals surface area contributed by atoms with Gasteiger partial charge in [-0.2, -0.15) is 5.26 Å². The van der Waals surface area contributed by atoms with E-state index in [0.29, 0.717) is 25.6 Å². The number of urea groups is 1. The van der Waals surface area contributed by atoms with Gasteiger partial charge in [-0.25, -0.2) is 4.79 Å². The van der Waals surface area contributed by atoms with Crippen LogP contribution in [0.15, 0.2) is 0 Å². The van der Waals surface area contributed by atoms with Crippen LogP contribution in [0.5, 0.6) is 0 Å². The van der Waals surface area contributed by atoms with Crippen molar-refractivity contribution in [3.63, 3.8) is 0 Å². The molecule has 0 aliphatic rings. The highest BCUT2D eigenvalue weighted by atomic mass is 16.4. The van der Waals surface area contributed by atoms with E-state index >= 15 is 0 Å². The summed E-state index contributed by atoms with van der Waals surface area (Å²) < 4.78 is 0. The van der Waals surface area contributed by atoms with Crippen LogP contribution in [0.3, 0.4) is 0 Å². The molecule has 2 amide bonds. The average molecular weight is 297 g/mol. The number of carbonyl (C=O) groups is 2. The first-order valence-electron chi connectivity index (χ1n) is 7.44. The van der Waals surface area contributed by atoms with Gasteiger partial charge in [-0.15, -0.1) is 0 Å². The summed E-state index contributed by atoms with van der Waals surface area (Å²) in [5.41, 5.74) is 0. The average Bonchev–Trinajstić information content (AvgIpc) is 2.40. The predicted octanol–water partition coefficient (Wildman–Crippen LogP) is 2.31. The Balaban J connectivity index is 4.44. The number of aliphatic carboxylic acids is 1. The lowest BCUT2D eigenvalue weighted by Gasteiger charge is -2.24. The molecule has 0 aliphatic carbocycles. The van der Waals surface area contributed by atoms with Gasteiger partial charge in [0, 0.05) is 26.1 Å². The Morgan fingerprint density at radius 3 is 2.38 bits per heavy atom. The van der Waals surface area contributed by atoms with Gasteiger partial charge >= 0.3 is 12.0 Å². The summed E-state index contributed by atoms with van der Waals surface area (Å²) in [5, 5.41) is 20.5. The van der Waals surface area contributed by atoms with E-state index in [-0.39, 0.29) is 24.3 Å². The first-order chi connectivity index (χ1) is 9.79. The van der Waals surface area contributed by atoms with E-state index in [2.05, 4.69) is 11.4 Å². The van der Waals surface area contributed by atoms with Gasteiger partial charge in [-0.1, -0.05) is 13.8 Å². The van der Waals surface area contributed by atoms with Gasteiger partial charge in [0.25, 0.3) is 0 Å². The molecule has 0 radical (unpaired) electrons. The second-order valence-corrected chi connectivity index (χ2v) is 5.85. The van der Waals surface area contributed by atoms with Crippen molar-refractivity contribution in [1.82, 2.24) is 10.2 Å². The molecule has 6 nitrogen and oxygen atoms in total. The van der Waals surface area contributed by atoms with E-state index in [0.717, 1.165) is 6.42 Å². The van der Waals surface area contributed by atoms with Crippen LogP contribution >= 0.6 is 0 Å². The minimum Gasteiger partial charge on any atom is -0.481 e. The number of hydrogen-bond donors (Lipinski definition) is 2. The van der Waals surface area contributed by atoms with Crippen LogP contribution in [0.2, 0.25) is 0 Å². The number of carboxylic acids is 1. The molecule has 0 aromatic rings. The third-order valence-electron chi connectivity index (χ3n) is 3.19. The Morgan fingerprint density at radius 2 is 1.95 bits per heavy atom. The van der Waals surface area contributed by atoms with Crippen LogP contribution in [0.1, 0.15) is 40.5 Å². The van der Waals surface area contributed by atoms with E-state index in [1.165, 1.54) is 0 Å². The summed E-state index contributed by atoms with van der Waals surface area (Å²) in [5.74, 6) is -0.757. The predicted molar refractivity (Wildman–Crippen MR) is 80.6 cm³/mol. The fourth-order valence-corrected chi connectivity index (χ4v) is 2.22. The van der Waals surface area contributed by atoms with Crippen molar-refractivity contribution in [3.05, 3.63) is 0 Å². The van der Waals surface area contributed by atoms with Crippen molar-refractivity contribution < 1.29 is 14.7 Å². The molecular weight excluding hydrogens is 270 g/mol. The van der Waals surface area contributed by atoms with Crippen LogP contribution in [-0.2, 0) is 4.79 Å². The number of amides is 2. The zero-order valence-corrected chi connectivity index (χ0v) is 13.4. The maximum Gasteiger partial charge on any atom is 0.317 e. The van der Waals surface area contributed by atoms with Crippen molar-refractivity contribution >= 4 is 12.0 Å². The second-order valence-electron chi connectivity index (χ2n) is 5.85. The summed E-state index contributed by atoms with van der Waals surface area (Å²) in [4.78, 5) is 24.5. The highest BCUT2D eigenvalue weighted by Crippen LogP contribution is 2.15. The van der Waals surface area contributed by atoms with E-state index in [9.17, 15) is 9.59 Å². The Hall–Kier alpha value is -1.77. The molecule has 0 fully saturated rings. The molecule has 0 aromatic heterocycles. The topological polar surface area (TPSA) is 93.4 Å². The highest BCUT2D eigenvalue weighted by Gasteiger charge is 2.19. The van der Waals surface area contributed by atoms with Crippen LogP contribution in [0.4, 0.5) is 4.79 Å². The molecule has 0 spiro atoms. The summed E-state index contributed by atoms with van der Waals surface area (Å²) in [6, 6.07) is 1.87. The molecule has 0 heterocycles. The molecule has 0 rings (SSSR count). The SMILES string of the molecule is CCN(CC(C)C#N)C(=O)NC[C@H](CC(=O)O)CC(C)C. The molecule has 21 heavy (non-hydrogen) atoms. The first-order valence-corrected chi connectivity index (χ1v) is 7.44. The van der Waals surface area contributed by atoms with Crippen LogP contribution in [0.25, 0.3) is 0 Å². The molecule has 6 heteroatoms. The maximum atomic E-state index is 12.1. The molecule has 0 saturated carbocycles. The van der Waals surface area contributed by atoms with Crippen LogP contribution in [0, 0.1) is 29.1 Å². The molecule has 2 atom stereocenters. The van der Waals surface area contributed by atoms with Gasteiger partial charge in [0.1, 0.15) is 0 Å². The van der Waals surface area contributed by atoms with Gasteiger partial charge in [0.15, 0.2) is 0 Å². The monoisotopic (exact) mass is 297 g/mol. The largest absolute Gasteiger partial charge is 0.481 e. The summed E-state index contributed by atoms with van der Waals surface area (Å²) in [7, 11) is 0. The van der Waals surface area contributed by atoms with Crippen LogP contribution in [-0.4, -0.2) is 41.6 Å². The first kappa shape index (κ1) is 19.2. The van der Waals surface area contributed by atoms with Gasteiger partial charge in [-0.3, -0.25) is 4.79 Å². The quantitative estimate of drug-likeness (QED) is 0.683. The fraction of sp³-hybridized carbons (Fsp3) is 0.800. The molecule has 0 aromatic carbocycles. The summed E-state index contributed by atoms with van der Waals surface area (Å²) in [6.07, 6.45) is 0.812. The maximum absolute atomic E-state index is 12.1. The van der Waals surface area contributed by atoms with Gasteiger partial charge < -0.3 is 15.3 Å². The third kappa shape index (κ3) is 8.90. The standard InChI is InChI=1S/C15H27N3O3/c1-5-18(10-12(4)8-16)15(21)17-9-13(6-11(2)3)7-14(19)20/h11-13H,5-7,9-10H2,1-4H3,(H,17,21)(H,19,20)/t12?,13-/m0/s1. The van der Waals surface area contributed by atoms with Crippen molar-refractivity contribution in [2.24, 2.45) is 17.8 Å². The van der Waals surface area contributed by atoms with Crippen molar-refractivity contribution in [2.45, 2.75) is 40.5 Å². The number of rotatable bonds is 9. The number of nitrogens with one attached hydrogen (secondary N) is 1. The number of carbonyl (C=O) groups excluding carboxylic acids is 1. The van der Waals surface area contributed by atoms with Crippen LogP contribution < -0.4 is 5.32 Å². The zero-order chi connectivity index (χ0) is 16.4. The second kappa shape index (κ2) is 10.0. The Kier molecular flexibility index (Phi) is 9.18. The normalized spacial score (nSPS) is 13.3. The van der Waals surface area contributed by atoms with E-state index in [1.54, 1.807) is 11.8 Å². The zero-order valence-electron chi connectivity index (χ0n) is 13.4. The van der Waals surface area contributed by atoms with E-state index in [1.807, 2.05) is 20.8 Å². The summed E-state index contributed by atoms with van der Waals surface area (Å²) in [6.45, 7) is 8.93. The fourth-order valence-electron chi connectivity index (χ4n) is 2.22. The van der Waals surface area contributed by atoms with Gasteiger partial charge in [-0.05, 0) is 32.1 Å². The minimum absolute atomic E-state index is 0.0547. The third-order valence-corrected chi connectivity index (χ3v) is 3.19. The minimum atomic E-state index is -0.847. The van der Waals surface area contributed by atoms with E-state index in [4.69, 9.17) is 10.4 Å². The molecule has 0 bridgehead atoms. The lowest BCUT2D eigenvalue weighted by atomic mass is 9.94. The lowest BCUT2D eigenvalue weighted by Crippen LogP contribution is -2.43. The van der Waals surface area contributed by atoms with Crippen molar-refractivity contribution in [3.8, 4) is 6.07 Å². The number of carboxylic acid groups (broad SMARTS) is 1. The molecule has 2 N–H and O–H groups in total. The van der Waals surface area contributed by atoms with Crippen molar-refractivity contribution in [1.29, 1.82) is 5.26 Å². The van der Waals surface area contributed by atoms with Gasteiger partial charge in [0.05, 0.1) is 12.0 Å². The Bertz CT molecular complexity index is 377. The molecule has 0 saturated heterocycles. The number of nitriles is 1.